The zero-order chi connectivity index (χ0) is 14.7. The minimum Gasteiger partial charge on any atom is -0.427 e. The normalized spacial score (nSPS) is 10.8. The summed E-state index contributed by atoms with van der Waals surface area (Å²) in [5.41, 5.74) is 0.901. The molecule has 0 aromatic heterocycles. The second kappa shape index (κ2) is 5.87. The van der Waals surface area contributed by atoms with E-state index in [-0.39, 0.29) is 17.7 Å². The fourth-order valence-electron chi connectivity index (χ4n) is 2.12. The Morgan fingerprint density at radius 3 is 2.50 bits per heavy atom. The summed E-state index contributed by atoms with van der Waals surface area (Å²) in [6, 6.07) is 11.4. The lowest BCUT2D eigenvalue weighted by atomic mass is 9.96. The molecule has 0 aliphatic rings. The number of carbonyl (C=O) groups is 2. The molecule has 2 aromatic rings. The first kappa shape index (κ1) is 14.3. The molecule has 3 heteroatoms. The Morgan fingerprint density at radius 1 is 1.15 bits per heavy atom. The van der Waals surface area contributed by atoms with Crippen molar-refractivity contribution in [3.63, 3.8) is 0 Å². The van der Waals surface area contributed by atoms with Crippen molar-refractivity contribution in [3.8, 4) is 5.75 Å². The van der Waals surface area contributed by atoms with Gasteiger partial charge in [0.15, 0.2) is 0 Å². The van der Waals surface area contributed by atoms with Gasteiger partial charge in [-0.2, -0.15) is 0 Å². The summed E-state index contributed by atoms with van der Waals surface area (Å²) < 4.78 is 5.15. The van der Waals surface area contributed by atoms with Crippen LogP contribution < -0.4 is 4.74 Å². The Bertz CT molecular complexity index is 656. The van der Waals surface area contributed by atoms with Crippen LogP contribution in [0.15, 0.2) is 36.4 Å². The van der Waals surface area contributed by atoms with Crippen LogP contribution in [0, 0.1) is 5.92 Å². The number of rotatable bonds is 4. The number of hydrogen-bond donors (Lipinski definition) is 0. The van der Waals surface area contributed by atoms with Gasteiger partial charge in [0.25, 0.3) is 0 Å². The van der Waals surface area contributed by atoms with Crippen LogP contribution in [0.1, 0.15) is 26.3 Å². The molecule has 0 N–H and O–H groups in total. The molecule has 2 aromatic carbocycles. The highest BCUT2D eigenvalue weighted by Crippen LogP contribution is 2.26. The fraction of sp³-hybridized carbons (Fsp3) is 0.294. The monoisotopic (exact) mass is 270 g/mol. The average molecular weight is 270 g/mol. The molecule has 0 saturated heterocycles. The second-order valence-corrected chi connectivity index (χ2v) is 5.19. The van der Waals surface area contributed by atoms with E-state index in [1.165, 1.54) is 6.92 Å². The third kappa shape index (κ3) is 3.23. The van der Waals surface area contributed by atoms with Gasteiger partial charge in [0.1, 0.15) is 11.5 Å². The van der Waals surface area contributed by atoms with Crippen LogP contribution in [-0.4, -0.2) is 11.8 Å². The highest BCUT2D eigenvalue weighted by molar-refractivity contribution is 5.92. The Kier molecular flexibility index (Phi) is 4.18. The smallest absolute Gasteiger partial charge is 0.308 e. The summed E-state index contributed by atoms with van der Waals surface area (Å²) in [6.07, 6.45) is 0.354. The maximum atomic E-state index is 12.0. The van der Waals surface area contributed by atoms with Crippen molar-refractivity contribution in [2.75, 3.05) is 0 Å². The second-order valence-electron chi connectivity index (χ2n) is 5.19. The molecule has 3 nitrogen and oxygen atoms in total. The van der Waals surface area contributed by atoms with E-state index in [1.54, 1.807) is 6.07 Å². The van der Waals surface area contributed by atoms with Crippen LogP contribution in [0.2, 0.25) is 0 Å². The Labute approximate surface area is 118 Å². The number of carbonyl (C=O) groups excluding carboxylic acids is 2. The van der Waals surface area contributed by atoms with Crippen LogP contribution >= 0.6 is 0 Å². The van der Waals surface area contributed by atoms with Gasteiger partial charge in [-0.1, -0.05) is 38.1 Å². The number of Topliss-reactive ketones (excluding diaryl/α,β-unsaturated/α-hetero) is 1. The molecule has 20 heavy (non-hydrogen) atoms. The molecule has 0 heterocycles. The highest BCUT2D eigenvalue weighted by Gasteiger charge is 2.12. The summed E-state index contributed by atoms with van der Waals surface area (Å²) >= 11 is 0. The van der Waals surface area contributed by atoms with Crippen molar-refractivity contribution in [2.24, 2.45) is 5.92 Å². The van der Waals surface area contributed by atoms with E-state index < -0.39 is 0 Å². The van der Waals surface area contributed by atoms with E-state index in [0.29, 0.717) is 12.2 Å². The van der Waals surface area contributed by atoms with Gasteiger partial charge in [-0.05, 0) is 28.5 Å². The van der Waals surface area contributed by atoms with Crippen molar-refractivity contribution in [3.05, 3.63) is 42.0 Å². The third-order valence-corrected chi connectivity index (χ3v) is 3.19. The maximum absolute atomic E-state index is 12.0. The SMILES string of the molecule is CC(=O)Oc1cc(CC(=O)C(C)C)c2ccccc2c1. The molecule has 0 atom stereocenters. The largest absolute Gasteiger partial charge is 0.427 e. The zero-order valence-electron chi connectivity index (χ0n) is 12.0. The van der Waals surface area contributed by atoms with Gasteiger partial charge in [-0.15, -0.1) is 0 Å². The first-order valence-corrected chi connectivity index (χ1v) is 6.70. The molecular formula is C17H18O3. The van der Waals surface area contributed by atoms with Crippen LogP contribution in [0.5, 0.6) is 5.75 Å². The quantitative estimate of drug-likeness (QED) is 0.630. The van der Waals surface area contributed by atoms with Crippen LogP contribution in [0.3, 0.4) is 0 Å². The lowest BCUT2D eigenvalue weighted by Crippen LogP contribution is -2.11. The van der Waals surface area contributed by atoms with E-state index >= 15 is 0 Å². The molecular weight excluding hydrogens is 252 g/mol. The van der Waals surface area contributed by atoms with Gasteiger partial charge in [0, 0.05) is 19.3 Å². The van der Waals surface area contributed by atoms with E-state index in [1.807, 2.05) is 44.2 Å². The lowest BCUT2D eigenvalue weighted by Gasteiger charge is -2.11. The number of esters is 1. The van der Waals surface area contributed by atoms with Crippen LogP contribution in [-0.2, 0) is 16.0 Å². The van der Waals surface area contributed by atoms with Crippen molar-refractivity contribution >= 4 is 22.5 Å². The van der Waals surface area contributed by atoms with E-state index in [2.05, 4.69) is 0 Å². The van der Waals surface area contributed by atoms with Gasteiger partial charge in [-0.3, -0.25) is 9.59 Å². The summed E-state index contributed by atoms with van der Waals surface area (Å²) in [5, 5.41) is 2.00. The number of hydrogen-bond acceptors (Lipinski definition) is 3. The van der Waals surface area contributed by atoms with Crippen molar-refractivity contribution < 1.29 is 14.3 Å². The molecule has 0 unspecified atom stereocenters. The molecule has 0 radical (unpaired) electrons. The predicted molar refractivity (Wildman–Crippen MR) is 78.8 cm³/mol. The summed E-state index contributed by atoms with van der Waals surface area (Å²) in [6.45, 7) is 5.15. The number of fused-ring (bicyclic) bond motifs is 1. The first-order chi connectivity index (χ1) is 9.47. The molecule has 0 aliphatic heterocycles. The van der Waals surface area contributed by atoms with Gasteiger partial charge in [0.2, 0.25) is 0 Å². The van der Waals surface area contributed by atoms with Gasteiger partial charge in [0.05, 0.1) is 0 Å². The Balaban J connectivity index is 2.49. The molecule has 104 valence electrons. The maximum Gasteiger partial charge on any atom is 0.308 e. The van der Waals surface area contributed by atoms with Gasteiger partial charge in [-0.25, -0.2) is 0 Å². The summed E-state index contributed by atoms with van der Waals surface area (Å²) in [4.78, 5) is 23.1. The highest BCUT2D eigenvalue weighted by atomic mass is 16.5. The van der Waals surface area contributed by atoms with Crippen LogP contribution in [0.4, 0.5) is 0 Å². The Morgan fingerprint density at radius 2 is 1.85 bits per heavy atom. The van der Waals surface area contributed by atoms with Crippen molar-refractivity contribution in [1.29, 1.82) is 0 Å². The lowest BCUT2D eigenvalue weighted by molar-refractivity contribution is -0.131. The first-order valence-electron chi connectivity index (χ1n) is 6.70. The Hall–Kier alpha value is -2.16. The van der Waals surface area contributed by atoms with Gasteiger partial charge >= 0.3 is 5.97 Å². The number of ketones is 1. The van der Waals surface area contributed by atoms with E-state index in [0.717, 1.165) is 16.3 Å². The zero-order valence-corrected chi connectivity index (χ0v) is 12.0. The van der Waals surface area contributed by atoms with E-state index in [9.17, 15) is 9.59 Å². The van der Waals surface area contributed by atoms with Crippen LogP contribution in [0.25, 0.3) is 10.8 Å². The summed E-state index contributed by atoms with van der Waals surface area (Å²) in [5.74, 6) is 0.297. The topological polar surface area (TPSA) is 43.4 Å². The third-order valence-electron chi connectivity index (χ3n) is 3.19. The summed E-state index contributed by atoms with van der Waals surface area (Å²) in [7, 11) is 0. The van der Waals surface area contributed by atoms with E-state index in [4.69, 9.17) is 4.74 Å². The molecule has 0 aliphatic carbocycles. The molecule has 2 rings (SSSR count). The predicted octanol–water partition coefficient (Wildman–Crippen LogP) is 3.53. The number of benzene rings is 2. The van der Waals surface area contributed by atoms with Gasteiger partial charge < -0.3 is 4.74 Å². The molecule has 0 bridgehead atoms. The van der Waals surface area contributed by atoms with Crippen molar-refractivity contribution in [1.82, 2.24) is 0 Å². The van der Waals surface area contributed by atoms with Crippen molar-refractivity contribution in [2.45, 2.75) is 27.2 Å². The fourth-order valence-corrected chi connectivity index (χ4v) is 2.12. The molecule has 0 spiro atoms. The molecule has 0 saturated carbocycles. The number of ether oxygens (including phenoxy) is 1. The minimum absolute atomic E-state index is 0.00820. The average Bonchev–Trinajstić information content (AvgIpc) is 2.37. The molecule has 0 fully saturated rings. The standard InChI is InChI=1S/C17H18O3/c1-11(2)17(19)10-14-9-15(20-12(3)18)8-13-6-4-5-7-16(13)14/h4-9,11H,10H2,1-3H3. The minimum atomic E-state index is -0.360. The molecule has 0 amide bonds.